The first-order chi connectivity index (χ1) is 16.1. The molecule has 1 fully saturated rings. The van der Waals surface area contributed by atoms with Crippen molar-refractivity contribution in [3.05, 3.63) is 24.3 Å². The van der Waals surface area contributed by atoms with Crippen LogP contribution in [0.15, 0.2) is 24.3 Å². The average Bonchev–Trinajstić information content (AvgIpc) is 3.08. The standard InChI is InChI=1S/C27H47N3O3.2ClH/c1-4-7-8-11-14-20-32-25-17-15-16-24(21-25)28-27(31)33-26(22-29(5-2)6-3)23-30-18-12-9-10-13-19-30;;/h15-17,21,26H,4-14,18-20,22-23H2,1-3H3,(H,28,31);2*1H. The Bertz CT molecular complexity index is 654. The van der Waals surface area contributed by atoms with Crippen LogP contribution in [0, 0.1) is 0 Å². The molecule has 35 heavy (non-hydrogen) atoms. The lowest BCUT2D eigenvalue weighted by molar-refractivity contribution is 0.0558. The van der Waals surface area contributed by atoms with Crippen LogP contribution in [0.5, 0.6) is 5.75 Å². The summed E-state index contributed by atoms with van der Waals surface area (Å²) in [6, 6.07) is 7.60. The molecule has 1 aliphatic heterocycles. The Balaban J connectivity index is 0.00000578. The largest absolute Gasteiger partial charge is 0.494 e. The first-order valence-corrected chi connectivity index (χ1v) is 13.3. The average molecular weight is 535 g/mol. The summed E-state index contributed by atoms with van der Waals surface area (Å²) >= 11 is 0. The number of halogens is 2. The number of likely N-dealkylation sites (tertiary alicyclic amines) is 1. The van der Waals surface area contributed by atoms with Crippen molar-refractivity contribution in [2.24, 2.45) is 0 Å². The molecule has 1 aliphatic rings. The summed E-state index contributed by atoms with van der Waals surface area (Å²) in [7, 11) is 0. The van der Waals surface area contributed by atoms with Crippen LogP contribution in [0.2, 0.25) is 0 Å². The van der Waals surface area contributed by atoms with Gasteiger partial charge in [-0.05, 0) is 57.6 Å². The van der Waals surface area contributed by atoms with E-state index >= 15 is 0 Å². The van der Waals surface area contributed by atoms with Crippen LogP contribution in [0.4, 0.5) is 10.5 Å². The summed E-state index contributed by atoms with van der Waals surface area (Å²) in [5, 5.41) is 2.91. The molecule has 1 unspecified atom stereocenters. The van der Waals surface area contributed by atoms with E-state index in [-0.39, 0.29) is 30.9 Å². The van der Waals surface area contributed by atoms with E-state index in [1.54, 1.807) is 0 Å². The van der Waals surface area contributed by atoms with Gasteiger partial charge in [0.25, 0.3) is 0 Å². The first kappa shape index (κ1) is 33.8. The molecule has 8 heteroatoms. The molecule has 0 spiro atoms. The second kappa shape index (κ2) is 20.9. The number of hydrogen-bond donors (Lipinski definition) is 1. The minimum Gasteiger partial charge on any atom is -0.494 e. The van der Waals surface area contributed by atoms with Gasteiger partial charge in [0, 0.05) is 24.8 Å². The van der Waals surface area contributed by atoms with Gasteiger partial charge in [0.2, 0.25) is 0 Å². The summed E-state index contributed by atoms with van der Waals surface area (Å²) in [6.07, 6.45) is 10.6. The van der Waals surface area contributed by atoms with Crippen molar-refractivity contribution < 1.29 is 14.3 Å². The lowest BCUT2D eigenvalue weighted by atomic mass is 10.2. The van der Waals surface area contributed by atoms with Crippen LogP contribution in [-0.2, 0) is 4.74 Å². The molecule has 1 saturated heterocycles. The van der Waals surface area contributed by atoms with Crippen molar-refractivity contribution in [3.63, 3.8) is 0 Å². The van der Waals surface area contributed by atoms with Gasteiger partial charge in [-0.15, -0.1) is 24.8 Å². The Hall–Kier alpha value is -1.21. The van der Waals surface area contributed by atoms with Crippen molar-refractivity contribution in [1.29, 1.82) is 0 Å². The second-order valence-corrected chi connectivity index (χ2v) is 9.14. The van der Waals surface area contributed by atoms with Gasteiger partial charge in [0.1, 0.15) is 11.9 Å². The van der Waals surface area contributed by atoms with E-state index < -0.39 is 6.09 Å². The van der Waals surface area contributed by atoms with Crippen LogP contribution in [-0.4, -0.2) is 67.9 Å². The molecule has 1 amide bonds. The number of nitrogens with zero attached hydrogens (tertiary/aromatic N) is 2. The van der Waals surface area contributed by atoms with E-state index in [9.17, 15) is 4.79 Å². The van der Waals surface area contributed by atoms with Gasteiger partial charge >= 0.3 is 6.09 Å². The molecule has 0 aliphatic carbocycles. The fraction of sp³-hybridized carbons (Fsp3) is 0.741. The molecule has 0 aromatic heterocycles. The molecule has 1 N–H and O–H groups in total. The van der Waals surface area contributed by atoms with Crippen molar-refractivity contribution >= 4 is 36.6 Å². The number of nitrogens with one attached hydrogen (secondary N) is 1. The lowest BCUT2D eigenvalue weighted by Crippen LogP contribution is -2.43. The third-order valence-electron chi connectivity index (χ3n) is 6.39. The fourth-order valence-electron chi connectivity index (χ4n) is 4.37. The Morgan fingerprint density at radius 1 is 1.00 bits per heavy atom. The zero-order valence-electron chi connectivity index (χ0n) is 22.1. The van der Waals surface area contributed by atoms with E-state index in [2.05, 4.69) is 35.9 Å². The molecule has 1 heterocycles. The Kier molecular flexibility index (Phi) is 20.2. The Morgan fingerprint density at radius 3 is 2.34 bits per heavy atom. The van der Waals surface area contributed by atoms with Gasteiger partial charge in [0.15, 0.2) is 0 Å². The Morgan fingerprint density at radius 2 is 1.69 bits per heavy atom. The number of ether oxygens (including phenoxy) is 2. The van der Waals surface area contributed by atoms with E-state index in [0.29, 0.717) is 12.3 Å². The number of carbonyl (C=O) groups is 1. The van der Waals surface area contributed by atoms with Crippen molar-refractivity contribution in [1.82, 2.24) is 9.80 Å². The van der Waals surface area contributed by atoms with Crippen molar-refractivity contribution in [3.8, 4) is 5.75 Å². The number of amides is 1. The summed E-state index contributed by atoms with van der Waals surface area (Å²) in [5.41, 5.74) is 0.708. The monoisotopic (exact) mass is 533 g/mol. The fourth-order valence-corrected chi connectivity index (χ4v) is 4.37. The van der Waals surface area contributed by atoms with Crippen molar-refractivity contribution in [2.45, 2.75) is 84.7 Å². The van der Waals surface area contributed by atoms with E-state index in [0.717, 1.165) is 51.4 Å². The van der Waals surface area contributed by atoms with Crippen LogP contribution < -0.4 is 10.1 Å². The summed E-state index contributed by atoms with van der Waals surface area (Å²) in [6.45, 7) is 12.9. The minimum absolute atomic E-state index is 0. The third-order valence-corrected chi connectivity index (χ3v) is 6.39. The molecule has 1 aromatic rings. The predicted octanol–water partition coefficient (Wildman–Crippen LogP) is 7.01. The van der Waals surface area contributed by atoms with Crippen LogP contribution in [0.3, 0.4) is 0 Å². The summed E-state index contributed by atoms with van der Waals surface area (Å²) < 4.78 is 11.8. The lowest BCUT2D eigenvalue weighted by Gasteiger charge is -2.30. The maximum atomic E-state index is 12.8. The first-order valence-electron chi connectivity index (χ1n) is 13.3. The molecular weight excluding hydrogens is 485 g/mol. The topological polar surface area (TPSA) is 54.0 Å². The third kappa shape index (κ3) is 14.8. The molecule has 1 aromatic carbocycles. The van der Waals surface area contributed by atoms with E-state index in [1.165, 1.54) is 51.4 Å². The highest BCUT2D eigenvalue weighted by Gasteiger charge is 2.21. The normalized spacial score (nSPS) is 14.9. The number of rotatable bonds is 15. The smallest absolute Gasteiger partial charge is 0.411 e. The highest BCUT2D eigenvalue weighted by Crippen LogP contribution is 2.19. The van der Waals surface area contributed by atoms with Gasteiger partial charge in [-0.1, -0.05) is 65.4 Å². The number of benzene rings is 1. The number of unbranched alkanes of at least 4 members (excludes halogenated alkanes) is 4. The summed E-state index contributed by atoms with van der Waals surface area (Å²) in [5.74, 6) is 0.785. The van der Waals surface area contributed by atoms with Crippen molar-refractivity contribution in [2.75, 3.05) is 51.2 Å². The number of anilines is 1. The quantitative estimate of drug-likeness (QED) is 0.245. The van der Waals surface area contributed by atoms with Gasteiger partial charge < -0.3 is 14.4 Å². The zero-order valence-corrected chi connectivity index (χ0v) is 23.8. The summed E-state index contributed by atoms with van der Waals surface area (Å²) in [4.78, 5) is 17.5. The molecular formula is C27H49Cl2N3O3. The molecule has 1 atom stereocenters. The molecule has 204 valence electrons. The maximum Gasteiger partial charge on any atom is 0.411 e. The van der Waals surface area contributed by atoms with E-state index in [4.69, 9.17) is 9.47 Å². The van der Waals surface area contributed by atoms with Crippen LogP contribution in [0.25, 0.3) is 0 Å². The number of hydrogen-bond acceptors (Lipinski definition) is 5. The number of likely N-dealkylation sites (N-methyl/N-ethyl adjacent to an activating group) is 1. The maximum absolute atomic E-state index is 12.8. The minimum atomic E-state index is -0.390. The SMILES string of the molecule is CCCCCCCOc1cccc(NC(=O)OC(CN(CC)CC)CN2CCCCCC2)c1.Cl.Cl. The molecule has 0 radical (unpaired) electrons. The highest BCUT2D eigenvalue weighted by atomic mass is 35.5. The van der Waals surface area contributed by atoms with Gasteiger partial charge in [0.05, 0.1) is 6.61 Å². The van der Waals surface area contributed by atoms with Gasteiger partial charge in [-0.2, -0.15) is 0 Å². The second-order valence-electron chi connectivity index (χ2n) is 9.14. The Labute approximate surface area is 226 Å². The molecule has 0 saturated carbocycles. The predicted molar refractivity (Wildman–Crippen MR) is 152 cm³/mol. The molecule has 6 nitrogen and oxygen atoms in total. The highest BCUT2D eigenvalue weighted by molar-refractivity contribution is 5.86. The van der Waals surface area contributed by atoms with E-state index in [1.807, 2.05) is 24.3 Å². The van der Waals surface area contributed by atoms with Gasteiger partial charge in [-0.3, -0.25) is 10.2 Å². The number of carbonyl (C=O) groups excluding carboxylic acids is 1. The molecule has 0 bridgehead atoms. The zero-order chi connectivity index (χ0) is 23.7. The van der Waals surface area contributed by atoms with Crippen LogP contribution >= 0.6 is 24.8 Å². The van der Waals surface area contributed by atoms with Crippen LogP contribution in [0.1, 0.15) is 78.6 Å². The molecule has 2 rings (SSSR count). The van der Waals surface area contributed by atoms with Gasteiger partial charge in [-0.25, -0.2) is 4.79 Å².